The third-order valence-corrected chi connectivity index (χ3v) is 0.880. The minimum atomic E-state index is -2.54. The smallest absolute Gasteiger partial charge is 0.203 e. The predicted octanol–water partition coefficient (Wildman–Crippen LogP) is 1.86. The van der Waals surface area contributed by atoms with Gasteiger partial charge in [0.05, 0.1) is 0 Å². The van der Waals surface area contributed by atoms with E-state index in [-0.39, 0.29) is 6.42 Å². The summed E-state index contributed by atoms with van der Waals surface area (Å²) in [5, 5.41) is 0. The van der Waals surface area contributed by atoms with Gasteiger partial charge in [0.15, 0.2) is 0 Å². The van der Waals surface area contributed by atoms with Crippen molar-refractivity contribution in [3.05, 3.63) is 0 Å². The molecule has 0 aliphatic heterocycles. The Morgan fingerprint density at radius 1 is 1.67 bits per heavy atom. The number of hydrogen-bond donors (Lipinski definition) is 0. The monoisotopic (exact) mass is 112 g/mol. The molecule has 0 radical (unpaired) electrons. The maximum absolute atomic E-state index is 11.4. The van der Waals surface area contributed by atoms with Crippen molar-refractivity contribution < 1.29 is 8.78 Å². The zero-order valence-electron chi connectivity index (χ0n) is 3.54. The van der Waals surface area contributed by atoms with E-state index in [9.17, 15) is 8.78 Å². The minimum absolute atomic E-state index is 0.0995. The van der Waals surface area contributed by atoms with Crippen LogP contribution >= 0.6 is 9.24 Å². The fourth-order valence-electron chi connectivity index (χ4n) is 0. The molecule has 0 aliphatic rings. The summed E-state index contributed by atoms with van der Waals surface area (Å²) in [7, 11) is 1.46. The SMILES string of the molecule is CCC(F)(F)P. The van der Waals surface area contributed by atoms with Gasteiger partial charge in [-0.1, -0.05) is 16.2 Å². The second-order valence-electron chi connectivity index (χ2n) is 1.11. The first kappa shape index (κ1) is 6.29. The van der Waals surface area contributed by atoms with E-state index >= 15 is 0 Å². The van der Waals surface area contributed by atoms with Crippen LogP contribution < -0.4 is 0 Å². The average Bonchev–Trinajstić information content (AvgIpc) is 1.35. The van der Waals surface area contributed by atoms with Crippen molar-refractivity contribution >= 4 is 9.24 Å². The second kappa shape index (κ2) is 1.83. The fourth-order valence-corrected chi connectivity index (χ4v) is 0. The van der Waals surface area contributed by atoms with E-state index in [1.165, 1.54) is 16.2 Å². The second-order valence-corrected chi connectivity index (χ2v) is 1.96. The topological polar surface area (TPSA) is 0 Å². The third kappa shape index (κ3) is 4.29. The molecule has 0 bridgehead atoms. The van der Waals surface area contributed by atoms with E-state index in [1.807, 2.05) is 0 Å². The van der Waals surface area contributed by atoms with Crippen molar-refractivity contribution in [2.75, 3.05) is 0 Å². The molecule has 0 heterocycles. The molecule has 0 N–H and O–H groups in total. The zero-order chi connectivity index (χ0) is 5.21. The highest BCUT2D eigenvalue weighted by molar-refractivity contribution is 7.18. The van der Waals surface area contributed by atoms with Crippen LogP contribution in [0.2, 0.25) is 0 Å². The minimum Gasteiger partial charge on any atom is -0.203 e. The van der Waals surface area contributed by atoms with Gasteiger partial charge in [0.2, 0.25) is 0 Å². The van der Waals surface area contributed by atoms with Crippen LogP contribution in [-0.2, 0) is 0 Å². The molecular formula is C3H7F2P. The van der Waals surface area contributed by atoms with Crippen LogP contribution in [0.25, 0.3) is 0 Å². The Bertz CT molecular complexity index is 38.5. The van der Waals surface area contributed by atoms with Crippen molar-refractivity contribution in [1.29, 1.82) is 0 Å². The van der Waals surface area contributed by atoms with E-state index in [2.05, 4.69) is 0 Å². The van der Waals surface area contributed by atoms with Gasteiger partial charge in [-0.2, -0.15) is 0 Å². The van der Waals surface area contributed by atoms with Crippen LogP contribution in [0.5, 0.6) is 0 Å². The summed E-state index contributed by atoms with van der Waals surface area (Å²) < 4.78 is 22.8. The quantitative estimate of drug-likeness (QED) is 0.454. The van der Waals surface area contributed by atoms with Crippen molar-refractivity contribution in [1.82, 2.24) is 0 Å². The van der Waals surface area contributed by atoms with Crippen LogP contribution in [0.4, 0.5) is 8.78 Å². The van der Waals surface area contributed by atoms with Crippen LogP contribution in [0, 0.1) is 0 Å². The zero-order valence-corrected chi connectivity index (χ0v) is 4.70. The summed E-state index contributed by atoms with van der Waals surface area (Å²) in [6.07, 6.45) is -0.0995. The standard InChI is InChI=1S/C3H7F2P/c1-2-3(4,5)6/h2,6H2,1H3. The molecule has 0 saturated carbocycles. The maximum atomic E-state index is 11.4. The molecular weight excluding hydrogens is 105 g/mol. The first-order valence-corrected chi connectivity index (χ1v) is 2.30. The van der Waals surface area contributed by atoms with Crippen molar-refractivity contribution in [2.45, 2.75) is 19.0 Å². The summed E-state index contributed by atoms with van der Waals surface area (Å²) in [5.74, 6) is 0. The Hall–Kier alpha value is 0.290. The maximum Gasteiger partial charge on any atom is 0.258 e. The fraction of sp³-hybridized carbons (Fsp3) is 1.00. The Morgan fingerprint density at radius 3 is 1.83 bits per heavy atom. The Balaban J connectivity index is 3.17. The summed E-state index contributed by atoms with van der Waals surface area (Å²) >= 11 is 0. The summed E-state index contributed by atoms with van der Waals surface area (Å²) in [4.78, 5) is 0. The van der Waals surface area contributed by atoms with Gasteiger partial charge in [-0.15, -0.1) is 0 Å². The van der Waals surface area contributed by atoms with Gasteiger partial charge in [-0.25, -0.2) is 8.78 Å². The molecule has 0 aromatic heterocycles. The lowest BCUT2D eigenvalue weighted by atomic mass is 10.5. The molecule has 0 nitrogen and oxygen atoms in total. The molecule has 0 saturated heterocycles. The normalized spacial score (nSPS) is 12.0. The van der Waals surface area contributed by atoms with Crippen LogP contribution in [0.1, 0.15) is 13.3 Å². The molecule has 0 amide bonds. The van der Waals surface area contributed by atoms with Gasteiger partial charge in [0, 0.05) is 6.42 Å². The lowest BCUT2D eigenvalue weighted by molar-refractivity contribution is 0.100. The average molecular weight is 112 g/mol. The summed E-state index contributed by atoms with van der Waals surface area (Å²) in [5.41, 5.74) is -2.54. The molecule has 1 unspecified atom stereocenters. The van der Waals surface area contributed by atoms with Gasteiger partial charge in [-0.05, 0) is 0 Å². The lowest BCUT2D eigenvalue weighted by Gasteiger charge is -2.01. The van der Waals surface area contributed by atoms with E-state index < -0.39 is 5.66 Å². The van der Waals surface area contributed by atoms with Gasteiger partial charge < -0.3 is 0 Å². The number of halogens is 2. The van der Waals surface area contributed by atoms with Gasteiger partial charge in [0.1, 0.15) is 0 Å². The van der Waals surface area contributed by atoms with E-state index in [4.69, 9.17) is 0 Å². The molecule has 0 rings (SSSR count). The van der Waals surface area contributed by atoms with Gasteiger partial charge >= 0.3 is 0 Å². The molecule has 0 aromatic carbocycles. The molecule has 0 fully saturated rings. The third-order valence-electron chi connectivity index (χ3n) is 0.471. The van der Waals surface area contributed by atoms with E-state index in [0.29, 0.717) is 0 Å². The van der Waals surface area contributed by atoms with E-state index in [0.717, 1.165) is 0 Å². The Kier molecular flexibility index (Phi) is 1.92. The highest BCUT2D eigenvalue weighted by Gasteiger charge is 2.15. The van der Waals surface area contributed by atoms with Crippen molar-refractivity contribution in [3.63, 3.8) is 0 Å². The highest BCUT2D eigenvalue weighted by atomic mass is 31.0. The van der Waals surface area contributed by atoms with Crippen LogP contribution in [0.3, 0.4) is 0 Å². The molecule has 6 heavy (non-hydrogen) atoms. The van der Waals surface area contributed by atoms with Crippen molar-refractivity contribution in [3.8, 4) is 0 Å². The number of rotatable bonds is 1. The molecule has 0 aromatic rings. The largest absolute Gasteiger partial charge is 0.258 e. The Morgan fingerprint density at radius 2 is 1.83 bits per heavy atom. The lowest BCUT2D eigenvalue weighted by Crippen LogP contribution is -1.99. The van der Waals surface area contributed by atoms with Crippen LogP contribution in [0.15, 0.2) is 0 Å². The predicted molar refractivity (Wildman–Crippen MR) is 24.9 cm³/mol. The molecule has 38 valence electrons. The van der Waals surface area contributed by atoms with Gasteiger partial charge in [-0.3, -0.25) is 0 Å². The highest BCUT2D eigenvalue weighted by Crippen LogP contribution is 2.24. The first-order valence-electron chi connectivity index (χ1n) is 1.73. The van der Waals surface area contributed by atoms with Crippen LogP contribution in [-0.4, -0.2) is 5.66 Å². The molecule has 1 atom stereocenters. The summed E-state index contributed by atoms with van der Waals surface area (Å²) in [6, 6.07) is 0. The molecule has 0 aliphatic carbocycles. The van der Waals surface area contributed by atoms with Crippen molar-refractivity contribution in [2.24, 2.45) is 0 Å². The molecule has 0 spiro atoms. The molecule has 3 heteroatoms. The summed E-state index contributed by atoms with van der Waals surface area (Å²) in [6.45, 7) is 1.44. The van der Waals surface area contributed by atoms with Gasteiger partial charge in [0.25, 0.3) is 5.66 Å². The van der Waals surface area contributed by atoms with E-state index in [1.54, 1.807) is 0 Å². The number of alkyl halides is 2. The first-order chi connectivity index (χ1) is 2.56. The Labute approximate surface area is 38.1 Å². The number of hydrogen-bond acceptors (Lipinski definition) is 0.